The Morgan fingerprint density at radius 2 is 1.77 bits per heavy atom. The molecule has 1 aliphatic heterocycles. The molecular weight excluding hydrogens is 176 g/mol. The lowest BCUT2D eigenvalue weighted by Crippen LogP contribution is -2.34. The molecule has 0 spiro atoms. The molecule has 2 N–H and O–H groups in total. The van der Waals surface area contributed by atoms with E-state index in [-0.39, 0.29) is 14.3 Å². The molecule has 0 aromatic rings. The smallest absolute Gasteiger partial charge is 0.333 e. The van der Waals surface area contributed by atoms with Gasteiger partial charge in [0.05, 0.1) is 0 Å². The molecule has 1 saturated heterocycles. The maximum atomic E-state index is 10.7. The zero-order valence-electron chi connectivity index (χ0n) is 7.57. The highest BCUT2D eigenvalue weighted by Gasteiger charge is 2.32. The highest BCUT2D eigenvalue weighted by molar-refractivity contribution is 6.01. The lowest BCUT2D eigenvalue weighted by molar-refractivity contribution is -0.170. The molecule has 1 heterocycles. The number of carbonyl (C=O) groups excluding carboxylic acids is 3. The third-order valence-corrected chi connectivity index (χ3v) is 1.19. The zero-order chi connectivity index (χ0) is 10.4. The fourth-order valence-electron chi connectivity index (χ4n) is 0.748. The molecule has 6 nitrogen and oxygen atoms in total. The van der Waals surface area contributed by atoms with E-state index < -0.39 is 17.9 Å². The molecule has 0 radical (unpaired) electrons. The monoisotopic (exact) mass is 190 g/mol. The van der Waals surface area contributed by atoms with E-state index in [4.69, 9.17) is 0 Å². The van der Waals surface area contributed by atoms with Gasteiger partial charge in [0.2, 0.25) is 0 Å². The Morgan fingerprint density at radius 3 is 2.08 bits per heavy atom. The van der Waals surface area contributed by atoms with Gasteiger partial charge in [-0.2, -0.15) is 0 Å². The molecule has 0 bridgehead atoms. The van der Waals surface area contributed by atoms with Crippen molar-refractivity contribution in [3.63, 3.8) is 0 Å². The third kappa shape index (κ3) is 3.10. The van der Waals surface area contributed by atoms with Gasteiger partial charge in [0, 0.05) is 14.3 Å². The van der Waals surface area contributed by atoms with Crippen molar-refractivity contribution in [3.8, 4) is 0 Å². The van der Waals surface area contributed by atoms with Gasteiger partial charge >= 0.3 is 6.09 Å². The van der Waals surface area contributed by atoms with Crippen LogP contribution >= 0.6 is 0 Å². The van der Waals surface area contributed by atoms with Crippen molar-refractivity contribution in [2.45, 2.75) is 26.7 Å². The zero-order valence-corrected chi connectivity index (χ0v) is 7.57. The number of nitrogens with zero attached hydrogens (tertiary/aromatic N) is 1. The van der Waals surface area contributed by atoms with E-state index in [0.717, 1.165) is 0 Å². The summed E-state index contributed by atoms with van der Waals surface area (Å²) >= 11 is 0. The molecule has 0 aliphatic carbocycles. The van der Waals surface area contributed by atoms with Gasteiger partial charge in [-0.3, -0.25) is 9.59 Å². The maximum Gasteiger partial charge on any atom is 0.429 e. The lowest BCUT2D eigenvalue weighted by Gasteiger charge is -2.09. The maximum absolute atomic E-state index is 10.7. The molecule has 0 saturated carbocycles. The Labute approximate surface area is 77.1 Å². The highest BCUT2D eigenvalue weighted by atomic mass is 16.7. The molecule has 3 amide bonds. The second-order valence-electron chi connectivity index (χ2n) is 1.99. The van der Waals surface area contributed by atoms with E-state index in [9.17, 15) is 14.4 Å². The van der Waals surface area contributed by atoms with Gasteiger partial charge in [-0.05, 0) is 0 Å². The van der Waals surface area contributed by atoms with E-state index in [1.165, 1.54) is 0 Å². The molecular formula is C7H14N2O4. The molecule has 1 rings (SSSR count). The highest BCUT2D eigenvalue weighted by Crippen LogP contribution is 2.11. The number of hydrogen-bond donors (Lipinski definition) is 1. The van der Waals surface area contributed by atoms with Crippen molar-refractivity contribution < 1.29 is 20.6 Å². The van der Waals surface area contributed by atoms with Gasteiger partial charge in [0.1, 0.15) is 0 Å². The van der Waals surface area contributed by atoms with Crippen LogP contribution in [-0.4, -0.2) is 23.0 Å². The molecule has 0 aromatic carbocycles. The second kappa shape index (κ2) is 5.13. The minimum Gasteiger partial charge on any atom is -0.333 e. The van der Waals surface area contributed by atoms with E-state index in [1.807, 2.05) is 13.8 Å². The summed E-state index contributed by atoms with van der Waals surface area (Å²) in [6, 6.07) is 0. The van der Waals surface area contributed by atoms with Crippen molar-refractivity contribution in [3.05, 3.63) is 0 Å². The van der Waals surface area contributed by atoms with Gasteiger partial charge < -0.3 is 10.6 Å². The van der Waals surface area contributed by atoms with Crippen molar-refractivity contribution >= 4 is 17.9 Å². The first kappa shape index (κ1) is 11.4. The van der Waals surface area contributed by atoms with Crippen LogP contribution in [0.3, 0.4) is 0 Å². The van der Waals surface area contributed by atoms with Crippen molar-refractivity contribution in [1.82, 2.24) is 5.06 Å². The van der Waals surface area contributed by atoms with E-state index in [2.05, 4.69) is 10.6 Å². The van der Waals surface area contributed by atoms with Crippen LogP contribution in [0.2, 0.25) is 0 Å². The number of rotatable bonds is 1. The van der Waals surface area contributed by atoms with Gasteiger partial charge in [-0.15, -0.1) is 5.06 Å². The lowest BCUT2D eigenvalue weighted by atomic mass is 10.4. The average Bonchev–Trinajstić information content (AvgIpc) is 2.39. The van der Waals surface area contributed by atoms with Crippen LogP contribution < -0.4 is 5.73 Å². The fourth-order valence-corrected chi connectivity index (χ4v) is 0.748. The fraction of sp³-hybridized carbons (Fsp3) is 0.571. The first-order valence-corrected chi connectivity index (χ1v) is 3.94. The number of hydrogen-bond acceptors (Lipinski definition) is 4. The Kier molecular flexibility index (Phi) is 4.50. The minimum atomic E-state index is -1.16. The Hall–Kier alpha value is -1.59. The van der Waals surface area contributed by atoms with E-state index in [0.29, 0.717) is 5.06 Å². The van der Waals surface area contributed by atoms with Crippen LogP contribution in [0.25, 0.3) is 0 Å². The summed E-state index contributed by atoms with van der Waals surface area (Å²) in [7, 11) is 0. The Morgan fingerprint density at radius 1 is 1.38 bits per heavy atom. The van der Waals surface area contributed by atoms with Gasteiger partial charge in [-0.25, -0.2) is 4.79 Å². The number of imide groups is 1. The number of primary amides is 1. The van der Waals surface area contributed by atoms with Crippen molar-refractivity contribution in [1.29, 1.82) is 0 Å². The normalized spacial score (nSPS) is 15.1. The van der Waals surface area contributed by atoms with E-state index >= 15 is 0 Å². The SMILES string of the molecule is CC.NC(=O)ON1C(=O)CCC1=O.[HH]. The Balaban J connectivity index is 0. The minimum absolute atomic E-state index is 0. The quantitative estimate of drug-likeness (QED) is 0.606. The summed E-state index contributed by atoms with van der Waals surface area (Å²) in [6.07, 6.45) is -1.01. The molecule has 1 aliphatic rings. The molecule has 6 heteroatoms. The molecule has 0 aromatic heterocycles. The summed E-state index contributed by atoms with van der Waals surface area (Å²) < 4.78 is 0. The largest absolute Gasteiger partial charge is 0.429 e. The Bertz CT molecular complexity index is 216. The molecule has 1 fully saturated rings. The van der Waals surface area contributed by atoms with Crippen molar-refractivity contribution in [2.24, 2.45) is 5.73 Å². The first-order chi connectivity index (χ1) is 6.11. The average molecular weight is 190 g/mol. The summed E-state index contributed by atoms with van der Waals surface area (Å²) in [5, 5.41) is 0.391. The predicted octanol–water partition coefficient (Wildman–Crippen LogP) is 0.418. The third-order valence-electron chi connectivity index (χ3n) is 1.19. The molecule has 76 valence electrons. The van der Waals surface area contributed by atoms with Crippen molar-refractivity contribution in [2.75, 3.05) is 0 Å². The summed E-state index contributed by atoms with van der Waals surface area (Å²) in [4.78, 5) is 35.6. The number of amides is 3. The summed E-state index contributed by atoms with van der Waals surface area (Å²) in [5.74, 6) is -1.07. The van der Waals surface area contributed by atoms with Crippen LogP contribution in [0.15, 0.2) is 0 Å². The van der Waals surface area contributed by atoms with Gasteiger partial charge in [-0.1, -0.05) is 13.8 Å². The number of hydroxylamine groups is 2. The summed E-state index contributed by atoms with van der Waals surface area (Å²) in [5.41, 5.74) is 4.59. The van der Waals surface area contributed by atoms with Crippen LogP contribution in [0.4, 0.5) is 4.79 Å². The first-order valence-electron chi connectivity index (χ1n) is 3.94. The van der Waals surface area contributed by atoms with Crippen LogP contribution in [0.1, 0.15) is 28.1 Å². The van der Waals surface area contributed by atoms with Gasteiger partial charge in [0.15, 0.2) is 0 Å². The molecule has 0 atom stereocenters. The van der Waals surface area contributed by atoms with Crippen LogP contribution in [-0.2, 0) is 14.4 Å². The van der Waals surface area contributed by atoms with Gasteiger partial charge in [0.25, 0.3) is 11.8 Å². The molecule has 13 heavy (non-hydrogen) atoms. The predicted molar refractivity (Wildman–Crippen MR) is 45.2 cm³/mol. The topological polar surface area (TPSA) is 89.7 Å². The summed E-state index contributed by atoms with van der Waals surface area (Å²) in [6.45, 7) is 4.00. The molecule has 0 unspecified atom stereocenters. The van der Waals surface area contributed by atoms with E-state index in [1.54, 1.807) is 0 Å². The standard InChI is InChI=1S/C5H6N2O4.C2H6.H2/c6-5(10)11-7-3(8)1-2-4(7)9;1-2;/h1-2H2,(H2,6,10);1-2H3;1H. The van der Waals surface area contributed by atoms with Crippen LogP contribution in [0, 0.1) is 0 Å². The number of nitrogens with two attached hydrogens (primary N) is 1. The second-order valence-corrected chi connectivity index (χ2v) is 1.99. The van der Waals surface area contributed by atoms with Crippen LogP contribution in [0.5, 0.6) is 0 Å². The number of carbonyl (C=O) groups is 3.